The van der Waals surface area contributed by atoms with Crippen molar-refractivity contribution >= 4 is 28.7 Å². The van der Waals surface area contributed by atoms with E-state index in [9.17, 15) is 9.59 Å². The molecule has 5 heteroatoms. The average molecular weight is 260 g/mol. The molecule has 1 aromatic heterocycles. The molecule has 0 aliphatic rings. The van der Waals surface area contributed by atoms with E-state index in [2.05, 4.69) is 10.3 Å². The number of ketones is 1. The quantitative estimate of drug-likeness (QED) is 0.863. The first-order valence-corrected chi connectivity index (χ1v) is 6.28. The number of nitrogens with zero attached hydrogens (tertiary/aromatic N) is 1. The fourth-order valence-electron chi connectivity index (χ4n) is 1.43. The largest absolute Gasteiger partial charge is 0.320 e. The standard InChI is InChI=1S/C13H12N2O2S/c1-8-7-18-13(14-8)12(17)15-11-5-3-10(4-6-11)9(2)16/h3-7H,1-2H3,(H,15,17). The van der Waals surface area contributed by atoms with E-state index in [4.69, 9.17) is 0 Å². The van der Waals surface area contributed by atoms with Gasteiger partial charge in [0.05, 0.1) is 0 Å². The molecule has 4 nitrogen and oxygen atoms in total. The lowest BCUT2D eigenvalue weighted by molar-refractivity contribution is 0.101. The summed E-state index contributed by atoms with van der Waals surface area (Å²) in [4.78, 5) is 27.0. The number of benzene rings is 1. The van der Waals surface area contributed by atoms with Gasteiger partial charge in [-0.3, -0.25) is 9.59 Å². The predicted molar refractivity (Wildman–Crippen MR) is 71.3 cm³/mol. The van der Waals surface area contributed by atoms with Crippen molar-refractivity contribution in [3.05, 3.63) is 45.9 Å². The summed E-state index contributed by atoms with van der Waals surface area (Å²) in [7, 11) is 0. The third kappa shape index (κ3) is 2.81. The molecule has 0 unspecified atom stereocenters. The van der Waals surface area contributed by atoms with Crippen LogP contribution in [0.15, 0.2) is 29.6 Å². The van der Waals surface area contributed by atoms with Crippen LogP contribution >= 0.6 is 11.3 Å². The number of aryl methyl sites for hydroxylation is 1. The molecule has 1 aromatic carbocycles. The Kier molecular flexibility index (Phi) is 3.53. The van der Waals surface area contributed by atoms with Crippen molar-refractivity contribution in [2.24, 2.45) is 0 Å². The van der Waals surface area contributed by atoms with E-state index < -0.39 is 0 Å². The lowest BCUT2D eigenvalue weighted by atomic mass is 10.1. The Morgan fingerprint density at radius 1 is 1.22 bits per heavy atom. The van der Waals surface area contributed by atoms with Crippen molar-refractivity contribution in [2.75, 3.05) is 5.32 Å². The first-order valence-electron chi connectivity index (χ1n) is 5.41. The van der Waals surface area contributed by atoms with Gasteiger partial charge in [0.1, 0.15) is 0 Å². The number of carbonyl (C=O) groups is 2. The van der Waals surface area contributed by atoms with Crippen LogP contribution in [0.4, 0.5) is 5.69 Å². The summed E-state index contributed by atoms with van der Waals surface area (Å²) in [6.45, 7) is 3.35. The fraction of sp³-hybridized carbons (Fsp3) is 0.154. The second-order valence-corrected chi connectivity index (χ2v) is 4.74. The molecule has 1 N–H and O–H groups in total. The summed E-state index contributed by atoms with van der Waals surface area (Å²) in [6.07, 6.45) is 0. The number of carbonyl (C=O) groups excluding carboxylic acids is 2. The third-order valence-electron chi connectivity index (χ3n) is 2.36. The Morgan fingerprint density at radius 3 is 2.39 bits per heavy atom. The molecule has 0 aliphatic heterocycles. The van der Waals surface area contributed by atoms with Gasteiger partial charge in [0.15, 0.2) is 10.8 Å². The normalized spacial score (nSPS) is 10.1. The molecule has 0 saturated heterocycles. The molecule has 2 aromatic rings. The predicted octanol–water partition coefficient (Wildman–Crippen LogP) is 2.91. The lowest BCUT2D eigenvalue weighted by Gasteiger charge is -2.03. The molecule has 0 spiro atoms. The van der Waals surface area contributed by atoms with Gasteiger partial charge in [-0.1, -0.05) is 0 Å². The molecule has 18 heavy (non-hydrogen) atoms. The molecule has 0 bridgehead atoms. The minimum atomic E-state index is -0.233. The average Bonchev–Trinajstić information content (AvgIpc) is 2.76. The maximum atomic E-state index is 11.8. The van der Waals surface area contributed by atoms with Crippen molar-refractivity contribution in [3.63, 3.8) is 0 Å². The highest BCUT2D eigenvalue weighted by molar-refractivity contribution is 7.11. The summed E-state index contributed by atoms with van der Waals surface area (Å²) in [5.41, 5.74) is 2.10. The van der Waals surface area contributed by atoms with Gasteiger partial charge < -0.3 is 5.32 Å². The summed E-state index contributed by atoms with van der Waals surface area (Å²) in [6, 6.07) is 6.78. The van der Waals surface area contributed by atoms with E-state index >= 15 is 0 Å². The first kappa shape index (κ1) is 12.4. The van der Waals surface area contributed by atoms with E-state index in [1.165, 1.54) is 18.3 Å². The minimum absolute atomic E-state index is 0.00317. The monoisotopic (exact) mass is 260 g/mol. The highest BCUT2D eigenvalue weighted by Crippen LogP contribution is 2.14. The molecule has 2 rings (SSSR count). The molecule has 0 fully saturated rings. The molecule has 1 amide bonds. The molecule has 0 atom stereocenters. The topological polar surface area (TPSA) is 59.1 Å². The summed E-state index contributed by atoms with van der Waals surface area (Å²) >= 11 is 1.31. The number of anilines is 1. The molecular weight excluding hydrogens is 248 g/mol. The smallest absolute Gasteiger partial charge is 0.284 e. The van der Waals surface area contributed by atoms with Crippen molar-refractivity contribution in [2.45, 2.75) is 13.8 Å². The number of amides is 1. The second kappa shape index (κ2) is 5.10. The third-order valence-corrected chi connectivity index (χ3v) is 3.32. The molecule has 0 aliphatic carbocycles. The number of rotatable bonds is 3. The van der Waals surface area contributed by atoms with Crippen LogP contribution in [0.3, 0.4) is 0 Å². The molecule has 0 radical (unpaired) electrons. The van der Waals surface area contributed by atoms with Crippen LogP contribution in [-0.4, -0.2) is 16.7 Å². The number of aromatic nitrogens is 1. The van der Waals surface area contributed by atoms with Gasteiger partial charge in [-0.15, -0.1) is 11.3 Å². The Hall–Kier alpha value is -2.01. The van der Waals surface area contributed by atoms with Crippen LogP contribution in [0, 0.1) is 6.92 Å². The fourth-order valence-corrected chi connectivity index (χ4v) is 2.12. The van der Waals surface area contributed by atoms with E-state index in [1.807, 2.05) is 12.3 Å². The maximum absolute atomic E-state index is 11.8. The van der Waals surface area contributed by atoms with Gasteiger partial charge in [0.25, 0.3) is 5.91 Å². The van der Waals surface area contributed by atoms with E-state index in [0.717, 1.165) is 5.69 Å². The first-order chi connectivity index (χ1) is 8.56. The number of hydrogen-bond donors (Lipinski definition) is 1. The lowest BCUT2D eigenvalue weighted by Crippen LogP contribution is -2.11. The van der Waals surface area contributed by atoms with E-state index in [1.54, 1.807) is 24.3 Å². The van der Waals surface area contributed by atoms with E-state index in [0.29, 0.717) is 16.3 Å². The van der Waals surface area contributed by atoms with Crippen LogP contribution in [0.1, 0.15) is 32.8 Å². The van der Waals surface area contributed by atoms with Crippen LogP contribution < -0.4 is 5.32 Å². The van der Waals surface area contributed by atoms with Crippen molar-refractivity contribution in [1.82, 2.24) is 4.98 Å². The van der Waals surface area contributed by atoms with Gasteiger partial charge in [-0.2, -0.15) is 0 Å². The molecule has 1 heterocycles. The zero-order valence-corrected chi connectivity index (χ0v) is 10.9. The Balaban J connectivity index is 2.10. The summed E-state index contributed by atoms with van der Waals surface area (Å²) in [5, 5.41) is 5.00. The maximum Gasteiger partial charge on any atom is 0.284 e. The highest BCUT2D eigenvalue weighted by atomic mass is 32.1. The number of hydrogen-bond acceptors (Lipinski definition) is 4. The number of thiazole rings is 1. The van der Waals surface area contributed by atoms with Crippen LogP contribution in [0.5, 0.6) is 0 Å². The Morgan fingerprint density at radius 2 is 1.89 bits per heavy atom. The van der Waals surface area contributed by atoms with Crippen LogP contribution in [0.25, 0.3) is 0 Å². The van der Waals surface area contributed by atoms with Gasteiger partial charge in [0.2, 0.25) is 0 Å². The van der Waals surface area contributed by atoms with E-state index in [-0.39, 0.29) is 11.7 Å². The number of nitrogens with one attached hydrogen (secondary N) is 1. The van der Waals surface area contributed by atoms with Gasteiger partial charge in [-0.25, -0.2) is 4.98 Å². The second-order valence-electron chi connectivity index (χ2n) is 3.88. The zero-order valence-electron chi connectivity index (χ0n) is 10.1. The minimum Gasteiger partial charge on any atom is -0.320 e. The van der Waals surface area contributed by atoms with Crippen molar-refractivity contribution in [1.29, 1.82) is 0 Å². The van der Waals surface area contributed by atoms with Crippen molar-refractivity contribution in [3.8, 4) is 0 Å². The van der Waals surface area contributed by atoms with Gasteiger partial charge in [0, 0.05) is 22.3 Å². The Labute approximate surface area is 109 Å². The summed E-state index contributed by atoms with van der Waals surface area (Å²) < 4.78 is 0. The number of Topliss-reactive ketones (excluding diaryl/α,β-unsaturated/α-hetero) is 1. The van der Waals surface area contributed by atoms with Crippen LogP contribution in [0.2, 0.25) is 0 Å². The van der Waals surface area contributed by atoms with Crippen LogP contribution in [-0.2, 0) is 0 Å². The summed E-state index contributed by atoms with van der Waals surface area (Å²) in [5.74, 6) is -0.230. The molecule has 92 valence electrons. The highest BCUT2D eigenvalue weighted by Gasteiger charge is 2.10. The molecular formula is C13H12N2O2S. The SMILES string of the molecule is CC(=O)c1ccc(NC(=O)c2nc(C)cs2)cc1. The van der Waals surface area contributed by atoms with Gasteiger partial charge in [-0.05, 0) is 38.1 Å². The molecule has 0 saturated carbocycles. The zero-order chi connectivity index (χ0) is 13.1. The van der Waals surface area contributed by atoms with Crippen molar-refractivity contribution < 1.29 is 9.59 Å². The Bertz CT molecular complexity index is 587. The van der Waals surface area contributed by atoms with Gasteiger partial charge >= 0.3 is 0 Å².